The number of phenolic OH excluding ortho intramolecular Hbond substituents is 1. The lowest BCUT2D eigenvalue weighted by Gasteiger charge is -2.32. The van der Waals surface area contributed by atoms with Crippen molar-refractivity contribution in [2.45, 2.75) is 38.4 Å². The van der Waals surface area contributed by atoms with Gasteiger partial charge in [0.1, 0.15) is 11.8 Å². The van der Waals surface area contributed by atoms with Crippen molar-refractivity contribution in [1.82, 2.24) is 9.88 Å². The number of fused-ring (bicyclic) bond motifs is 1. The molecular formula is C19H20BrN3OS. The Hall–Kier alpha value is -1.53. The molecule has 2 aromatic rings. The fourth-order valence-corrected chi connectivity index (χ4v) is 5.60. The summed E-state index contributed by atoms with van der Waals surface area (Å²) in [5, 5.41) is 11.8. The predicted molar refractivity (Wildman–Crippen MR) is 106 cm³/mol. The van der Waals surface area contributed by atoms with E-state index in [0.29, 0.717) is 11.8 Å². The van der Waals surface area contributed by atoms with Gasteiger partial charge in [0.05, 0.1) is 16.2 Å². The van der Waals surface area contributed by atoms with Gasteiger partial charge in [-0.3, -0.25) is 9.98 Å². The van der Waals surface area contributed by atoms with E-state index in [4.69, 9.17) is 4.99 Å². The molecule has 1 saturated heterocycles. The summed E-state index contributed by atoms with van der Waals surface area (Å²) in [4.78, 5) is 11.9. The zero-order valence-corrected chi connectivity index (χ0v) is 16.6. The van der Waals surface area contributed by atoms with Crippen molar-refractivity contribution in [3.8, 4) is 5.75 Å². The summed E-state index contributed by atoms with van der Waals surface area (Å²) < 4.78 is 0.732. The van der Waals surface area contributed by atoms with Gasteiger partial charge in [0.25, 0.3) is 0 Å². The number of aliphatic imine (C=N–C) groups is 1. The maximum Gasteiger partial charge on any atom is 0.160 e. The monoisotopic (exact) mass is 417 g/mol. The summed E-state index contributed by atoms with van der Waals surface area (Å²) in [7, 11) is 0. The number of halogens is 1. The van der Waals surface area contributed by atoms with E-state index >= 15 is 0 Å². The zero-order valence-electron chi connectivity index (χ0n) is 14.2. The first kappa shape index (κ1) is 16.9. The van der Waals surface area contributed by atoms with E-state index in [1.165, 1.54) is 0 Å². The van der Waals surface area contributed by atoms with Crippen molar-refractivity contribution >= 4 is 32.9 Å². The maximum atomic E-state index is 10.8. The number of aromatic hydroxyl groups is 1. The highest BCUT2D eigenvalue weighted by molar-refractivity contribution is 9.10. The maximum absolute atomic E-state index is 10.8. The minimum Gasteiger partial charge on any atom is -0.506 e. The first-order chi connectivity index (χ1) is 12.1. The summed E-state index contributed by atoms with van der Waals surface area (Å²) in [5.74, 6) is 1.36. The quantitative estimate of drug-likeness (QED) is 0.775. The molecule has 1 fully saturated rings. The number of amidine groups is 1. The molecule has 0 unspecified atom stereocenters. The van der Waals surface area contributed by atoms with Gasteiger partial charge in [-0.1, -0.05) is 30.8 Å². The Morgan fingerprint density at radius 2 is 2.20 bits per heavy atom. The number of thioether (sulfide) groups is 1. The van der Waals surface area contributed by atoms with Gasteiger partial charge in [-0.05, 0) is 53.0 Å². The molecule has 6 heteroatoms. The number of nitrogens with zero attached hydrogens (tertiary/aromatic N) is 3. The number of pyridine rings is 1. The minimum absolute atomic E-state index is 0.0268. The third-order valence-electron chi connectivity index (χ3n) is 4.89. The summed E-state index contributed by atoms with van der Waals surface area (Å²) in [6.07, 6.45) is 2.87. The fourth-order valence-electron chi connectivity index (χ4n) is 3.67. The molecule has 0 radical (unpaired) electrons. The molecule has 3 heterocycles. The second-order valence-electron chi connectivity index (χ2n) is 6.52. The van der Waals surface area contributed by atoms with Crippen molar-refractivity contribution < 1.29 is 5.11 Å². The SMILES string of the molecule is CC[C@@H]1CSC2=N[C@@H](c3ccccn3)[C@H](c3cc(C)cc(Br)c3O)N21. The largest absolute Gasteiger partial charge is 0.506 e. The van der Waals surface area contributed by atoms with Crippen LogP contribution in [0.4, 0.5) is 0 Å². The van der Waals surface area contributed by atoms with E-state index in [-0.39, 0.29) is 12.1 Å². The van der Waals surface area contributed by atoms with Crippen LogP contribution in [0.1, 0.15) is 42.2 Å². The Kier molecular flexibility index (Phi) is 4.50. The van der Waals surface area contributed by atoms with E-state index in [1.54, 1.807) is 0 Å². The van der Waals surface area contributed by atoms with Crippen molar-refractivity contribution in [1.29, 1.82) is 0 Å². The molecule has 0 aliphatic carbocycles. The van der Waals surface area contributed by atoms with Crippen LogP contribution in [0.15, 0.2) is 46.0 Å². The van der Waals surface area contributed by atoms with Crippen LogP contribution in [0.2, 0.25) is 0 Å². The van der Waals surface area contributed by atoms with E-state index in [0.717, 1.165) is 38.6 Å². The van der Waals surface area contributed by atoms with Gasteiger partial charge >= 0.3 is 0 Å². The van der Waals surface area contributed by atoms with Crippen LogP contribution in [-0.2, 0) is 0 Å². The van der Waals surface area contributed by atoms with Crippen molar-refractivity contribution in [2.24, 2.45) is 4.99 Å². The van der Waals surface area contributed by atoms with Crippen LogP contribution >= 0.6 is 27.7 Å². The van der Waals surface area contributed by atoms with E-state index in [1.807, 2.05) is 42.2 Å². The minimum atomic E-state index is -0.0994. The summed E-state index contributed by atoms with van der Waals surface area (Å²) >= 11 is 5.31. The van der Waals surface area contributed by atoms with Gasteiger partial charge in [-0.15, -0.1) is 0 Å². The van der Waals surface area contributed by atoms with Gasteiger partial charge in [0.15, 0.2) is 5.17 Å². The molecule has 0 spiro atoms. The Labute approximate surface area is 160 Å². The van der Waals surface area contributed by atoms with Gasteiger partial charge in [0, 0.05) is 23.6 Å². The smallest absolute Gasteiger partial charge is 0.160 e. The van der Waals surface area contributed by atoms with Crippen LogP contribution in [0, 0.1) is 6.92 Å². The highest BCUT2D eigenvalue weighted by atomic mass is 79.9. The average Bonchev–Trinajstić information content (AvgIpc) is 3.17. The molecule has 3 atom stereocenters. The lowest BCUT2D eigenvalue weighted by Crippen LogP contribution is -2.35. The van der Waals surface area contributed by atoms with Crippen LogP contribution in [-0.4, -0.2) is 32.0 Å². The molecule has 1 aromatic carbocycles. The van der Waals surface area contributed by atoms with E-state index in [9.17, 15) is 5.11 Å². The van der Waals surface area contributed by atoms with Gasteiger partial charge < -0.3 is 10.0 Å². The Morgan fingerprint density at radius 1 is 1.36 bits per heavy atom. The summed E-state index contributed by atoms with van der Waals surface area (Å²) in [6, 6.07) is 10.3. The van der Waals surface area contributed by atoms with E-state index < -0.39 is 0 Å². The van der Waals surface area contributed by atoms with Crippen molar-refractivity contribution in [3.05, 3.63) is 57.8 Å². The number of hydrogen-bond acceptors (Lipinski definition) is 5. The standard InChI is InChI=1S/C19H20BrN3OS/c1-3-12-10-25-19-22-16(15-6-4-5-7-21-15)17(23(12)19)13-8-11(2)9-14(20)18(13)24/h4-9,12,16-17,24H,3,10H2,1-2H3/t12-,16+,17+/m1/s1. The number of phenols is 1. The van der Waals surface area contributed by atoms with Crippen molar-refractivity contribution in [2.75, 3.05) is 5.75 Å². The lowest BCUT2D eigenvalue weighted by atomic mass is 9.93. The highest BCUT2D eigenvalue weighted by Gasteiger charge is 2.46. The van der Waals surface area contributed by atoms with Gasteiger partial charge in [0.2, 0.25) is 0 Å². The number of aryl methyl sites for hydroxylation is 1. The molecule has 4 rings (SSSR count). The van der Waals surface area contributed by atoms with Gasteiger partial charge in [-0.25, -0.2) is 0 Å². The van der Waals surface area contributed by atoms with Crippen LogP contribution in [0.3, 0.4) is 0 Å². The Bertz CT molecular complexity index is 827. The fraction of sp³-hybridized carbons (Fsp3) is 0.368. The third-order valence-corrected chi connectivity index (χ3v) is 6.62. The molecule has 4 nitrogen and oxygen atoms in total. The molecule has 1 N–H and O–H groups in total. The van der Waals surface area contributed by atoms with Gasteiger partial charge in [-0.2, -0.15) is 0 Å². The molecule has 25 heavy (non-hydrogen) atoms. The summed E-state index contributed by atoms with van der Waals surface area (Å²) in [5.41, 5.74) is 2.98. The molecule has 130 valence electrons. The molecule has 0 bridgehead atoms. The number of rotatable bonds is 3. The first-order valence-corrected chi connectivity index (χ1v) is 10.3. The second kappa shape index (κ2) is 6.65. The second-order valence-corrected chi connectivity index (χ2v) is 8.36. The zero-order chi connectivity index (χ0) is 17.6. The van der Waals surface area contributed by atoms with Crippen molar-refractivity contribution in [3.63, 3.8) is 0 Å². The number of aromatic nitrogens is 1. The molecular weight excluding hydrogens is 398 g/mol. The topological polar surface area (TPSA) is 48.7 Å². The molecule has 1 aromatic heterocycles. The van der Waals surface area contributed by atoms with Crippen LogP contribution in [0.5, 0.6) is 5.75 Å². The normalized spacial score (nSPS) is 25.2. The predicted octanol–water partition coefficient (Wildman–Crippen LogP) is 4.84. The molecule has 2 aliphatic rings. The lowest BCUT2D eigenvalue weighted by molar-refractivity contribution is 0.250. The Morgan fingerprint density at radius 3 is 2.92 bits per heavy atom. The summed E-state index contributed by atoms with van der Waals surface area (Å²) in [6.45, 7) is 4.27. The number of benzene rings is 1. The van der Waals surface area contributed by atoms with E-state index in [2.05, 4.69) is 45.7 Å². The van der Waals surface area contributed by atoms with Crippen LogP contribution in [0.25, 0.3) is 0 Å². The molecule has 0 saturated carbocycles. The number of hydrogen-bond donors (Lipinski definition) is 1. The average molecular weight is 418 g/mol. The third kappa shape index (κ3) is 2.85. The Balaban J connectivity index is 1.86. The van der Waals surface area contributed by atoms with Crippen LogP contribution < -0.4 is 0 Å². The molecule has 2 aliphatic heterocycles. The molecule has 0 amide bonds. The highest BCUT2D eigenvalue weighted by Crippen LogP contribution is 2.51. The first-order valence-electron chi connectivity index (χ1n) is 8.49.